The zero-order valence-corrected chi connectivity index (χ0v) is 15.8. The highest BCUT2D eigenvalue weighted by molar-refractivity contribution is 5.84. The van der Waals surface area contributed by atoms with Gasteiger partial charge in [-0.05, 0) is 26.0 Å². The van der Waals surface area contributed by atoms with Crippen molar-refractivity contribution >= 4 is 22.1 Å². The van der Waals surface area contributed by atoms with Gasteiger partial charge in [-0.2, -0.15) is 4.57 Å². The van der Waals surface area contributed by atoms with E-state index in [1.807, 2.05) is 62.4 Å². The lowest BCUT2D eigenvalue weighted by Gasteiger charge is -2.08. The van der Waals surface area contributed by atoms with Gasteiger partial charge in [-0.15, -0.1) is 0 Å². The lowest BCUT2D eigenvalue weighted by molar-refractivity contribution is -0.566. The summed E-state index contributed by atoms with van der Waals surface area (Å²) >= 11 is 0. The smallest absolute Gasteiger partial charge is 0.239 e. The Morgan fingerprint density at radius 2 is 1.43 bits per heavy atom. The summed E-state index contributed by atoms with van der Waals surface area (Å²) in [5.41, 5.74) is 8.67. The molecule has 0 radical (unpaired) electrons. The first-order chi connectivity index (χ1) is 13.7. The first-order valence-corrected chi connectivity index (χ1v) is 9.32. The molecule has 4 heteroatoms. The molecule has 0 fully saturated rings. The van der Waals surface area contributed by atoms with Crippen molar-refractivity contribution in [2.45, 2.75) is 13.8 Å². The minimum absolute atomic E-state index is 0.882. The van der Waals surface area contributed by atoms with Crippen molar-refractivity contribution in [1.82, 2.24) is 15.0 Å². The Morgan fingerprint density at radius 1 is 0.679 bits per heavy atom. The van der Waals surface area contributed by atoms with E-state index in [1.54, 1.807) is 0 Å². The number of aryl methyl sites for hydroxylation is 2. The van der Waals surface area contributed by atoms with Gasteiger partial charge in [0.05, 0.1) is 16.9 Å². The minimum atomic E-state index is 0.882. The van der Waals surface area contributed by atoms with Crippen LogP contribution in [-0.2, 0) is 0 Å². The van der Waals surface area contributed by atoms with Crippen molar-refractivity contribution in [2.75, 3.05) is 0 Å². The van der Waals surface area contributed by atoms with Crippen LogP contribution in [0.25, 0.3) is 39.0 Å². The zero-order chi connectivity index (χ0) is 19.1. The Bertz CT molecular complexity index is 1330. The number of para-hydroxylation sites is 3. The largest absolute Gasteiger partial charge is 0.244 e. The number of fused-ring (bicyclic) bond motifs is 2. The molecule has 0 N–H and O–H groups in total. The van der Waals surface area contributed by atoms with Crippen molar-refractivity contribution in [1.29, 1.82) is 0 Å². The number of rotatable bonds is 2. The minimum Gasteiger partial charge on any atom is -0.244 e. The molecule has 0 atom stereocenters. The standard InChI is InChI=1S/C24H19N4/c1-16-15-28(21-13-7-6-11-19(21)25-16)22-14-8-12-20-24(22)26-17(2)23(27-20)18-9-4-3-5-10-18/h3-15H,1-2H3/q+1. The third kappa shape index (κ3) is 2.70. The number of benzene rings is 3. The van der Waals surface area contributed by atoms with Crippen LogP contribution in [-0.4, -0.2) is 15.0 Å². The average Bonchev–Trinajstić information content (AvgIpc) is 2.73. The van der Waals surface area contributed by atoms with E-state index < -0.39 is 0 Å². The Morgan fingerprint density at radius 3 is 2.29 bits per heavy atom. The number of aromatic nitrogens is 4. The molecule has 0 bridgehead atoms. The van der Waals surface area contributed by atoms with Crippen LogP contribution in [0.3, 0.4) is 0 Å². The maximum atomic E-state index is 4.96. The second-order valence-corrected chi connectivity index (χ2v) is 6.91. The average molecular weight is 363 g/mol. The van der Waals surface area contributed by atoms with Gasteiger partial charge in [0, 0.05) is 17.7 Å². The van der Waals surface area contributed by atoms with Gasteiger partial charge in [0.25, 0.3) is 0 Å². The Labute approximate surface area is 163 Å². The maximum Gasteiger partial charge on any atom is 0.239 e. The van der Waals surface area contributed by atoms with Gasteiger partial charge in [-0.25, -0.2) is 15.0 Å². The molecule has 134 valence electrons. The summed E-state index contributed by atoms with van der Waals surface area (Å²) in [6, 6.07) is 24.5. The molecule has 4 nitrogen and oxygen atoms in total. The van der Waals surface area contributed by atoms with E-state index in [9.17, 15) is 0 Å². The van der Waals surface area contributed by atoms with Crippen LogP contribution in [0.4, 0.5) is 0 Å². The summed E-state index contributed by atoms with van der Waals surface area (Å²) in [6.07, 6.45) is 2.05. The van der Waals surface area contributed by atoms with Crippen LogP contribution in [0.5, 0.6) is 0 Å². The van der Waals surface area contributed by atoms with E-state index in [4.69, 9.17) is 9.97 Å². The topological polar surface area (TPSA) is 42.5 Å². The third-order valence-electron chi connectivity index (χ3n) is 4.91. The number of hydrogen-bond acceptors (Lipinski definition) is 3. The molecule has 5 aromatic rings. The van der Waals surface area contributed by atoms with E-state index in [0.717, 1.165) is 50.4 Å². The molecule has 2 heterocycles. The third-order valence-corrected chi connectivity index (χ3v) is 4.91. The van der Waals surface area contributed by atoms with Crippen molar-refractivity contribution in [3.05, 3.63) is 90.4 Å². The lowest BCUT2D eigenvalue weighted by Crippen LogP contribution is -2.33. The van der Waals surface area contributed by atoms with Gasteiger partial charge < -0.3 is 0 Å². The molecule has 0 unspecified atom stereocenters. The van der Waals surface area contributed by atoms with Crippen LogP contribution in [0.15, 0.2) is 79.0 Å². The molecular weight excluding hydrogens is 344 g/mol. The summed E-state index contributed by atoms with van der Waals surface area (Å²) in [6.45, 7) is 4.03. The van der Waals surface area contributed by atoms with Crippen molar-refractivity contribution < 1.29 is 4.57 Å². The zero-order valence-electron chi connectivity index (χ0n) is 15.8. The summed E-state index contributed by atoms with van der Waals surface area (Å²) in [5, 5.41) is 0. The Kier molecular flexibility index (Phi) is 3.83. The van der Waals surface area contributed by atoms with Gasteiger partial charge in [-0.3, -0.25) is 0 Å². The number of hydrogen-bond donors (Lipinski definition) is 0. The molecule has 3 aromatic carbocycles. The van der Waals surface area contributed by atoms with E-state index >= 15 is 0 Å². The van der Waals surface area contributed by atoms with Crippen molar-refractivity contribution in [2.24, 2.45) is 0 Å². The molecule has 28 heavy (non-hydrogen) atoms. The molecule has 0 aliphatic rings. The monoisotopic (exact) mass is 363 g/mol. The summed E-state index contributed by atoms with van der Waals surface area (Å²) < 4.78 is 2.16. The fourth-order valence-electron chi connectivity index (χ4n) is 3.65. The van der Waals surface area contributed by atoms with E-state index in [-0.39, 0.29) is 0 Å². The molecular formula is C24H19N4+. The molecule has 5 rings (SSSR count). The molecule has 0 saturated carbocycles. The maximum absolute atomic E-state index is 4.96. The predicted octanol–water partition coefficient (Wildman–Crippen LogP) is 4.74. The first-order valence-electron chi connectivity index (χ1n) is 9.32. The van der Waals surface area contributed by atoms with Crippen LogP contribution in [0, 0.1) is 13.8 Å². The Hall–Kier alpha value is -3.66. The molecule has 2 aromatic heterocycles. The van der Waals surface area contributed by atoms with Crippen LogP contribution in [0.1, 0.15) is 11.4 Å². The quantitative estimate of drug-likeness (QED) is 0.426. The van der Waals surface area contributed by atoms with Gasteiger partial charge in [0.15, 0.2) is 11.7 Å². The second-order valence-electron chi connectivity index (χ2n) is 6.91. The fraction of sp³-hybridized carbons (Fsp3) is 0.0833. The van der Waals surface area contributed by atoms with E-state index in [0.29, 0.717) is 0 Å². The molecule has 0 aliphatic heterocycles. The van der Waals surface area contributed by atoms with E-state index in [2.05, 4.69) is 40.0 Å². The SMILES string of the molecule is Cc1c[n+](-c2cccc3nc(-c4ccccc4)c(C)nc23)c2ccccc2n1. The lowest BCUT2D eigenvalue weighted by atomic mass is 10.1. The fourth-order valence-corrected chi connectivity index (χ4v) is 3.65. The molecule has 0 saturated heterocycles. The van der Waals surface area contributed by atoms with Crippen LogP contribution < -0.4 is 4.57 Å². The van der Waals surface area contributed by atoms with Gasteiger partial charge in [0.2, 0.25) is 11.2 Å². The van der Waals surface area contributed by atoms with Crippen LogP contribution in [0.2, 0.25) is 0 Å². The van der Waals surface area contributed by atoms with Gasteiger partial charge in [0.1, 0.15) is 11.2 Å². The second kappa shape index (κ2) is 6.50. The van der Waals surface area contributed by atoms with E-state index in [1.165, 1.54) is 0 Å². The highest BCUT2D eigenvalue weighted by Gasteiger charge is 2.19. The summed E-state index contributed by atoms with van der Waals surface area (Å²) in [4.78, 5) is 14.6. The highest BCUT2D eigenvalue weighted by Crippen LogP contribution is 2.25. The van der Waals surface area contributed by atoms with Crippen molar-refractivity contribution in [3.8, 4) is 16.9 Å². The summed E-state index contributed by atoms with van der Waals surface area (Å²) in [7, 11) is 0. The molecule has 0 amide bonds. The molecule has 0 aliphatic carbocycles. The van der Waals surface area contributed by atoms with Gasteiger partial charge in [-0.1, -0.05) is 48.5 Å². The Balaban J connectivity index is 1.80. The summed E-state index contributed by atoms with van der Waals surface area (Å²) in [5.74, 6) is 0. The van der Waals surface area contributed by atoms with Crippen molar-refractivity contribution in [3.63, 3.8) is 0 Å². The first kappa shape index (κ1) is 16.5. The number of nitrogens with zero attached hydrogens (tertiary/aromatic N) is 4. The predicted molar refractivity (Wildman–Crippen MR) is 111 cm³/mol. The van der Waals surface area contributed by atoms with Crippen LogP contribution >= 0.6 is 0 Å². The van der Waals surface area contributed by atoms with Gasteiger partial charge >= 0.3 is 0 Å². The normalized spacial score (nSPS) is 11.2. The molecule has 0 spiro atoms. The highest BCUT2D eigenvalue weighted by atomic mass is 15.0.